The summed E-state index contributed by atoms with van der Waals surface area (Å²) >= 11 is 0. The molecule has 0 heterocycles. The van der Waals surface area contributed by atoms with Crippen molar-refractivity contribution in [3.8, 4) is 5.75 Å². The van der Waals surface area contributed by atoms with Gasteiger partial charge in [0, 0.05) is 6.04 Å². The first kappa shape index (κ1) is 17.1. The molecule has 1 aromatic rings. The van der Waals surface area contributed by atoms with Gasteiger partial charge in [-0.2, -0.15) is 13.2 Å². The predicted molar refractivity (Wildman–Crippen MR) is 73.7 cm³/mol. The van der Waals surface area contributed by atoms with Crippen LogP contribution in [0.2, 0.25) is 0 Å². The number of ether oxygens (including phenoxy) is 2. The van der Waals surface area contributed by atoms with Crippen molar-refractivity contribution >= 4 is 11.9 Å². The molecule has 1 aliphatic rings. The first-order valence-electron chi connectivity index (χ1n) is 7.05. The summed E-state index contributed by atoms with van der Waals surface area (Å²) < 4.78 is 47.5. The number of carbonyl (C=O) groups excluding carboxylic acids is 2. The smallest absolute Gasteiger partial charge is 0.416 e. The van der Waals surface area contributed by atoms with Gasteiger partial charge in [0.25, 0.3) is 5.91 Å². The van der Waals surface area contributed by atoms with Gasteiger partial charge >= 0.3 is 12.1 Å². The molecule has 0 bridgehead atoms. The van der Waals surface area contributed by atoms with Gasteiger partial charge in [0.05, 0.1) is 5.56 Å². The summed E-state index contributed by atoms with van der Waals surface area (Å²) in [7, 11) is 0. The van der Waals surface area contributed by atoms with Gasteiger partial charge in [0.15, 0.2) is 12.7 Å². The van der Waals surface area contributed by atoms with E-state index in [9.17, 15) is 22.8 Å². The Kier molecular flexibility index (Phi) is 5.12. The largest absolute Gasteiger partial charge is 0.482 e. The molecule has 5 nitrogen and oxygen atoms in total. The molecule has 0 radical (unpaired) electrons. The van der Waals surface area contributed by atoms with E-state index in [0.29, 0.717) is 0 Å². The minimum absolute atomic E-state index is 0.105. The van der Waals surface area contributed by atoms with E-state index in [4.69, 9.17) is 9.47 Å². The van der Waals surface area contributed by atoms with Gasteiger partial charge in [0.2, 0.25) is 0 Å². The third-order valence-electron chi connectivity index (χ3n) is 3.12. The Morgan fingerprint density at radius 2 is 2.04 bits per heavy atom. The Bertz CT molecular complexity index is 584. The lowest BCUT2D eigenvalue weighted by molar-refractivity contribution is -0.156. The van der Waals surface area contributed by atoms with Gasteiger partial charge in [-0.1, -0.05) is 6.07 Å². The highest BCUT2D eigenvalue weighted by molar-refractivity contribution is 5.84. The van der Waals surface area contributed by atoms with Gasteiger partial charge in [-0.15, -0.1) is 0 Å². The number of halogens is 3. The van der Waals surface area contributed by atoms with Gasteiger partial charge in [-0.3, -0.25) is 4.79 Å². The van der Waals surface area contributed by atoms with E-state index >= 15 is 0 Å². The highest BCUT2D eigenvalue weighted by atomic mass is 19.4. The fourth-order valence-electron chi connectivity index (χ4n) is 1.74. The number of hydrogen-bond acceptors (Lipinski definition) is 4. The molecule has 0 aromatic heterocycles. The van der Waals surface area contributed by atoms with E-state index in [1.54, 1.807) is 0 Å². The van der Waals surface area contributed by atoms with E-state index in [-0.39, 0.29) is 11.8 Å². The fourth-order valence-corrected chi connectivity index (χ4v) is 1.74. The molecule has 1 N–H and O–H groups in total. The molecule has 1 atom stereocenters. The summed E-state index contributed by atoms with van der Waals surface area (Å²) in [6.45, 7) is 0.836. The van der Waals surface area contributed by atoms with E-state index in [1.807, 2.05) is 0 Å². The van der Waals surface area contributed by atoms with E-state index in [0.717, 1.165) is 25.0 Å². The molecule has 1 amide bonds. The van der Waals surface area contributed by atoms with Crippen LogP contribution in [-0.2, 0) is 20.5 Å². The standard InChI is InChI=1S/C15H16F3NO4/c1-9(14(21)19-11-5-6-11)23-13(20)8-22-12-4-2-3-10(7-12)15(16,17)18/h2-4,7,9,11H,5-6,8H2,1H3,(H,19,21)/t9-/m1/s1. The average molecular weight is 331 g/mol. The molecule has 0 unspecified atom stereocenters. The fraction of sp³-hybridized carbons (Fsp3) is 0.467. The zero-order chi connectivity index (χ0) is 17.0. The van der Waals surface area contributed by atoms with Crippen LogP contribution >= 0.6 is 0 Å². The molecular formula is C15H16F3NO4. The molecule has 0 aliphatic heterocycles. The van der Waals surface area contributed by atoms with Crippen molar-refractivity contribution in [3.05, 3.63) is 29.8 Å². The van der Waals surface area contributed by atoms with Crippen LogP contribution in [0.4, 0.5) is 13.2 Å². The molecule has 2 rings (SSSR count). The first-order valence-corrected chi connectivity index (χ1v) is 7.05. The van der Waals surface area contributed by atoms with Crippen LogP contribution in [-0.4, -0.2) is 30.6 Å². The number of hydrogen-bond donors (Lipinski definition) is 1. The second kappa shape index (κ2) is 6.89. The molecule has 126 valence electrons. The quantitative estimate of drug-likeness (QED) is 0.813. The van der Waals surface area contributed by atoms with Crippen LogP contribution in [0, 0.1) is 0 Å². The monoisotopic (exact) mass is 331 g/mol. The maximum atomic E-state index is 12.5. The molecule has 1 saturated carbocycles. The summed E-state index contributed by atoms with van der Waals surface area (Å²) in [6, 6.07) is 4.30. The highest BCUT2D eigenvalue weighted by Crippen LogP contribution is 2.31. The normalized spacial score (nSPS) is 15.7. The van der Waals surface area contributed by atoms with Crippen LogP contribution in [0.25, 0.3) is 0 Å². The minimum Gasteiger partial charge on any atom is -0.482 e. The van der Waals surface area contributed by atoms with Crippen molar-refractivity contribution in [2.24, 2.45) is 0 Å². The van der Waals surface area contributed by atoms with Crippen molar-refractivity contribution < 1.29 is 32.2 Å². The Labute approximate surface area is 130 Å². The summed E-state index contributed by atoms with van der Waals surface area (Å²) in [6.07, 6.45) is -3.65. The maximum absolute atomic E-state index is 12.5. The zero-order valence-electron chi connectivity index (χ0n) is 12.4. The van der Waals surface area contributed by atoms with Crippen molar-refractivity contribution in [3.63, 3.8) is 0 Å². The lowest BCUT2D eigenvalue weighted by Crippen LogP contribution is -2.37. The van der Waals surface area contributed by atoms with Crippen molar-refractivity contribution in [1.82, 2.24) is 5.32 Å². The van der Waals surface area contributed by atoms with Crippen molar-refractivity contribution in [2.45, 2.75) is 38.1 Å². The third-order valence-corrected chi connectivity index (χ3v) is 3.12. The number of alkyl halides is 3. The van der Waals surface area contributed by atoms with Gasteiger partial charge in [0.1, 0.15) is 5.75 Å². The molecule has 1 aromatic carbocycles. The second-order valence-corrected chi connectivity index (χ2v) is 5.23. The Balaban J connectivity index is 1.80. The number of benzene rings is 1. The van der Waals surface area contributed by atoms with Gasteiger partial charge < -0.3 is 14.8 Å². The van der Waals surface area contributed by atoms with Crippen LogP contribution in [0.1, 0.15) is 25.3 Å². The molecule has 0 spiro atoms. The number of rotatable bonds is 6. The number of carbonyl (C=O) groups is 2. The topological polar surface area (TPSA) is 64.6 Å². The lowest BCUT2D eigenvalue weighted by atomic mass is 10.2. The first-order chi connectivity index (χ1) is 10.8. The SMILES string of the molecule is C[C@@H](OC(=O)COc1cccc(C(F)(F)F)c1)C(=O)NC1CC1. The van der Waals surface area contributed by atoms with Crippen LogP contribution in [0.5, 0.6) is 5.75 Å². The van der Waals surface area contributed by atoms with Gasteiger partial charge in [-0.05, 0) is 38.0 Å². The number of esters is 1. The summed E-state index contributed by atoms with van der Waals surface area (Å²) in [5, 5.41) is 2.67. The third kappa shape index (κ3) is 5.46. The van der Waals surface area contributed by atoms with E-state index in [2.05, 4.69) is 5.32 Å². The summed E-state index contributed by atoms with van der Waals surface area (Å²) in [5.41, 5.74) is -0.874. The van der Waals surface area contributed by atoms with E-state index < -0.39 is 36.3 Å². The molecule has 0 saturated heterocycles. The highest BCUT2D eigenvalue weighted by Gasteiger charge is 2.31. The Hall–Kier alpha value is -2.25. The van der Waals surface area contributed by atoms with E-state index in [1.165, 1.54) is 19.1 Å². The zero-order valence-corrected chi connectivity index (χ0v) is 12.4. The van der Waals surface area contributed by atoms with Crippen molar-refractivity contribution in [2.75, 3.05) is 6.61 Å². The Morgan fingerprint density at radius 3 is 2.65 bits per heavy atom. The average Bonchev–Trinajstić information content (AvgIpc) is 3.28. The molecule has 1 aliphatic carbocycles. The number of nitrogens with one attached hydrogen (secondary N) is 1. The minimum atomic E-state index is -4.49. The van der Waals surface area contributed by atoms with Crippen LogP contribution in [0.3, 0.4) is 0 Å². The lowest BCUT2D eigenvalue weighted by Gasteiger charge is -2.14. The molecule has 23 heavy (non-hydrogen) atoms. The van der Waals surface area contributed by atoms with Gasteiger partial charge in [-0.25, -0.2) is 4.79 Å². The van der Waals surface area contributed by atoms with Crippen LogP contribution < -0.4 is 10.1 Å². The second-order valence-electron chi connectivity index (χ2n) is 5.23. The number of amides is 1. The Morgan fingerprint density at radius 1 is 1.35 bits per heavy atom. The molecule has 1 fully saturated rings. The summed E-state index contributed by atoms with van der Waals surface area (Å²) in [5.74, 6) is -1.34. The molecular weight excluding hydrogens is 315 g/mol. The molecule has 8 heteroatoms. The summed E-state index contributed by atoms with van der Waals surface area (Å²) in [4.78, 5) is 23.2. The van der Waals surface area contributed by atoms with Crippen molar-refractivity contribution in [1.29, 1.82) is 0 Å². The predicted octanol–water partition coefficient (Wildman–Crippen LogP) is 2.29. The maximum Gasteiger partial charge on any atom is 0.416 e. The van der Waals surface area contributed by atoms with Crippen LogP contribution in [0.15, 0.2) is 24.3 Å².